The van der Waals surface area contributed by atoms with Gasteiger partial charge in [-0.25, -0.2) is 9.59 Å². The van der Waals surface area contributed by atoms with Crippen LogP contribution in [0.3, 0.4) is 0 Å². The molecule has 0 rings (SSSR count). The summed E-state index contributed by atoms with van der Waals surface area (Å²) in [6.07, 6.45) is 12.2. The van der Waals surface area contributed by atoms with Crippen LogP contribution in [0.25, 0.3) is 0 Å². The number of aliphatic carboxylic acids is 3. The van der Waals surface area contributed by atoms with Gasteiger partial charge >= 0.3 is 11.9 Å². The van der Waals surface area contributed by atoms with E-state index in [2.05, 4.69) is 19.1 Å². The van der Waals surface area contributed by atoms with Crippen LogP contribution < -0.4 is 5.11 Å². The van der Waals surface area contributed by atoms with Crippen molar-refractivity contribution in [2.45, 2.75) is 58.3 Å². The van der Waals surface area contributed by atoms with Crippen molar-refractivity contribution in [2.75, 3.05) is 26.2 Å². The van der Waals surface area contributed by atoms with E-state index in [-0.39, 0.29) is 6.54 Å². The quantitative estimate of drug-likeness (QED) is 0.245. The summed E-state index contributed by atoms with van der Waals surface area (Å²) in [5.74, 6) is -3.85. The first-order valence-corrected chi connectivity index (χ1v) is 8.95. The van der Waals surface area contributed by atoms with Gasteiger partial charge in [0.15, 0.2) is 13.1 Å². The highest BCUT2D eigenvalue weighted by molar-refractivity contribution is 5.72. The summed E-state index contributed by atoms with van der Waals surface area (Å²) in [7, 11) is 0. The van der Waals surface area contributed by atoms with Crippen LogP contribution in [0.2, 0.25) is 0 Å². The van der Waals surface area contributed by atoms with Gasteiger partial charge in [-0.1, -0.05) is 31.9 Å². The first-order chi connectivity index (χ1) is 11.8. The number of unbranched alkanes of at least 4 members (excludes halogenated alkanes) is 6. The SMILES string of the molecule is CCCCC/C=C/CCCCC[N+](CC(=O)[O-])(CC(=O)O)CC(=O)O. The van der Waals surface area contributed by atoms with Crippen LogP contribution in [0.5, 0.6) is 0 Å². The summed E-state index contributed by atoms with van der Waals surface area (Å²) < 4.78 is -0.514. The first-order valence-electron chi connectivity index (χ1n) is 8.95. The number of carboxylic acids is 3. The van der Waals surface area contributed by atoms with Gasteiger partial charge in [-0.15, -0.1) is 0 Å². The predicted octanol–water partition coefficient (Wildman–Crippen LogP) is 1.42. The summed E-state index contributed by atoms with van der Waals surface area (Å²) in [6.45, 7) is 0.704. The third-order valence-electron chi connectivity index (χ3n) is 4.05. The van der Waals surface area contributed by atoms with E-state index in [1.807, 2.05) is 0 Å². The molecule has 0 aromatic rings. The minimum absolute atomic E-state index is 0.201. The molecule has 7 nitrogen and oxygen atoms in total. The maximum absolute atomic E-state index is 11.0. The maximum Gasteiger partial charge on any atom is 0.359 e. The number of hydrogen-bond donors (Lipinski definition) is 2. The lowest BCUT2D eigenvalue weighted by molar-refractivity contribution is -0.909. The van der Waals surface area contributed by atoms with E-state index < -0.39 is 42.0 Å². The second kappa shape index (κ2) is 13.4. The number of carboxylic acid groups (broad SMARTS) is 3. The van der Waals surface area contributed by atoms with Gasteiger partial charge in [0.25, 0.3) is 0 Å². The van der Waals surface area contributed by atoms with Gasteiger partial charge in [-0.3, -0.25) is 0 Å². The number of carbonyl (C=O) groups excluding carboxylic acids is 1. The Bertz CT molecular complexity index is 406. The van der Waals surface area contributed by atoms with Crippen LogP contribution in [0, 0.1) is 0 Å². The Morgan fingerprint density at radius 2 is 1.36 bits per heavy atom. The first kappa shape index (κ1) is 23.1. The van der Waals surface area contributed by atoms with E-state index in [0.717, 1.165) is 25.7 Å². The Hall–Kier alpha value is -1.89. The zero-order chi connectivity index (χ0) is 19.1. The number of rotatable bonds is 16. The molecule has 0 saturated carbocycles. The Kier molecular flexibility index (Phi) is 12.4. The Balaban J connectivity index is 4.34. The molecule has 0 spiro atoms. The summed E-state index contributed by atoms with van der Waals surface area (Å²) in [5, 5.41) is 28.9. The van der Waals surface area contributed by atoms with Crippen molar-refractivity contribution in [3.05, 3.63) is 12.2 Å². The number of nitrogens with zero attached hydrogens (tertiary/aromatic N) is 1. The molecule has 2 N–H and O–H groups in total. The van der Waals surface area contributed by atoms with Crippen LogP contribution in [0.1, 0.15) is 58.3 Å². The molecular weight excluding hydrogens is 326 g/mol. The van der Waals surface area contributed by atoms with Crippen molar-refractivity contribution in [1.29, 1.82) is 0 Å². The second-order valence-corrected chi connectivity index (χ2v) is 6.52. The number of carbonyl (C=O) groups is 3. The molecule has 7 heteroatoms. The lowest BCUT2D eigenvalue weighted by atomic mass is 10.1. The van der Waals surface area contributed by atoms with Gasteiger partial charge in [0, 0.05) is 0 Å². The van der Waals surface area contributed by atoms with Crippen molar-refractivity contribution in [1.82, 2.24) is 0 Å². The number of quaternary nitrogens is 1. The topological polar surface area (TPSA) is 115 Å². The predicted molar refractivity (Wildman–Crippen MR) is 91.8 cm³/mol. The fourth-order valence-corrected chi connectivity index (χ4v) is 2.89. The van der Waals surface area contributed by atoms with Crippen LogP contribution in [-0.2, 0) is 14.4 Å². The van der Waals surface area contributed by atoms with Crippen LogP contribution in [-0.4, -0.2) is 58.8 Å². The smallest absolute Gasteiger partial charge is 0.359 e. The van der Waals surface area contributed by atoms with Crippen LogP contribution >= 0.6 is 0 Å². The van der Waals surface area contributed by atoms with Gasteiger partial charge in [-0.2, -0.15) is 0 Å². The van der Waals surface area contributed by atoms with Crippen molar-refractivity contribution >= 4 is 17.9 Å². The highest BCUT2D eigenvalue weighted by Crippen LogP contribution is 2.12. The van der Waals surface area contributed by atoms with E-state index in [1.54, 1.807) is 0 Å². The molecule has 25 heavy (non-hydrogen) atoms. The molecule has 0 heterocycles. The van der Waals surface area contributed by atoms with Crippen LogP contribution in [0.15, 0.2) is 12.2 Å². The van der Waals surface area contributed by atoms with Gasteiger partial charge in [0.05, 0.1) is 12.5 Å². The zero-order valence-electron chi connectivity index (χ0n) is 15.1. The molecule has 0 aromatic heterocycles. The molecule has 0 saturated heterocycles. The molecule has 0 amide bonds. The molecule has 144 valence electrons. The lowest BCUT2D eigenvalue weighted by Crippen LogP contribution is -2.59. The molecule has 0 aliphatic carbocycles. The summed E-state index contributed by atoms with van der Waals surface area (Å²) in [5.41, 5.74) is 0. The van der Waals surface area contributed by atoms with Crippen LogP contribution in [0.4, 0.5) is 0 Å². The molecule has 0 aliphatic rings. The summed E-state index contributed by atoms with van der Waals surface area (Å²) in [6, 6.07) is 0. The molecular formula is C18H31NO6. The van der Waals surface area contributed by atoms with E-state index in [9.17, 15) is 19.5 Å². The number of hydrogen-bond acceptors (Lipinski definition) is 4. The Morgan fingerprint density at radius 3 is 1.80 bits per heavy atom. The summed E-state index contributed by atoms with van der Waals surface area (Å²) in [4.78, 5) is 33.0. The molecule has 0 fully saturated rings. The maximum atomic E-state index is 11.0. The lowest BCUT2D eigenvalue weighted by Gasteiger charge is -2.36. The average Bonchev–Trinajstić information content (AvgIpc) is 2.47. The minimum atomic E-state index is -1.43. The average molecular weight is 357 g/mol. The normalized spacial score (nSPS) is 11.7. The Morgan fingerprint density at radius 1 is 0.840 bits per heavy atom. The van der Waals surface area contributed by atoms with E-state index in [1.165, 1.54) is 19.3 Å². The minimum Gasteiger partial charge on any atom is -0.544 e. The highest BCUT2D eigenvalue weighted by Gasteiger charge is 2.33. The molecule has 0 atom stereocenters. The zero-order valence-corrected chi connectivity index (χ0v) is 15.1. The molecule has 0 bridgehead atoms. The second-order valence-electron chi connectivity index (χ2n) is 6.52. The molecule has 0 unspecified atom stereocenters. The monoisotopic (exact) mass is 357 g/mol. The van der Waals surface area contributed by atoms with E-state index in [4.69, 9.17) is 10.2 Å². The van der Waals surface area contributed by atoms with Crippen molar-refractivity contribution in [2.24, 2.45) is 0 Å². The largest absolute Gasteiger partial charge is 0.544 e. The third-order valence-corrected chi connectivity index (χ3v) is 4.05. The number of allylic oxidation sites excluding steroid dienone is 2. The van der Waals surface area contributed by atoms with Gasteiger partial charge in [0.1, 0.15) is 6.54 Å². The highest BCUT2D eigenvalue weighted by atomic mass is 16.4. The van der Waals surface area contributed by atoms with E-state index >= 15 is 0 Å². The Labute approximate surface area is 149 Å². The third kappa shape index (κ3) is 13.1. The van der Waals surface area contributed by atoms with Gasteiger partial charge in [-0.05, 0) is 38.5 Å². The molecule has 0 aromatic carbocycles. The summed E-state index contributed by atoms with van der Waals surface area (Å²) >= 11 is 0. The fourth-order valence-electron chi connectivity index (χ4n) is 2.89. The molecule has 0 radical (unpaired) electrons. The fraction of sp³-hybridized carbons (Fsp3) is 0.722. The van der Waals surface area contributed by atoms with Gasteiger partial charge in [0.2, 0.25) is 0 Å². The van der Waals surface area contributed by atoms with E-state index in [0.29, 0.717) is 6.42 Å². The van der Waals surface area contributed by atoms with Crippen molar-refractivity contribution in [3.8, 4) is 0 Å². The van der Waals surface area contributed by atoms with Gasteiger partial charge < -0.3 is 24.6 Å². The standard InChI is InChI=1S/C18H31NO6/c1-2-3-4-5-6-7-8-9-10-11-12-19(13-16(20)21,14-17(22)23)15-18(24)25/h6-7H,2-5,8-15H2,1H3,(H2-,20,21,22,23,24,25)/b7-6+. The van der Waals surface area contributed by atoms with Crippen molar-refractivity contribution < 1.29 is 34.2 Å². The molecule has 0 aliphatic heterocycles. The van der Waals surface area contributed by atoms with Crippen molar-refractivity contribution in [3.63, 3.8) is 0 Å².